The van der Waals surface area contributed by atoms with E-state index in [0.717, 1.165) is 39.3 Å². The Balaban J connectivity index is 1.37. The van der Waals surface area contributed by atoms with Crippen LogP contribution in [0.5, 0.6) is 0 Å². The lowest BCUT2D eigenvalue weighted by atomic mass is 10.0. The largest absolute Gasteiger partial charge is 0.336 e. The van der Waals surface area contributed by atoms with Crippen LogP contribution in [0.25, 0.3) is 33.4 Å². The summed E-state index contributed by atoms with van der Waals surface area (Å²) >= 11 is 2.25. The summed E-state index contributed by atoms with van der Waals surface area (Å²) in [6, 6.07) is 19.0. The fourth-order valence-electron chi connectivity index (χ4n) is 3.62. The first-order valence-corrected chi connectivity index (χ1v) is 10.8. The molecule has 0 aliphatic rings. The lowest BCUT2D eigenvalue weighted by Gasteiger charge is -2.07. The minimum atomic E-state index is 0.831. The predicted octanol–water partition coefficient (Wildman–Crippen LogP) is 4.74. The molecule has 0 bridgehead atoms. The number of aromatic nitrogens is 6. The summed E-state index contributed by atoms with van der Waals surface area (Å²) in [6.45, 7) is 0.864. The average molecular weight is 506 g/mol. The van der Waals surface area contributed by atoms with Gasteiger partial charge in [-0.25, -0.2) is 9.67 Å². The standard InChI is InChI=1S/C23H19IN6/c1-29-23(24)22(27-28-29)18-9-11-25-20(13-18)21-14-30(15-26-21)12-10-17-7-4-6-16-5-2-3-8-19(16)17/h2-9,11,13-15H,10,12H2,1H3. The fraction of sp³-hybridized carbons (Fsp3) is 0.130. The fourth-order valence-corrected chi connectivity index (χ4v) is 4.13. The highest BCUT2D eigenvalue weighted by molar-refractivity contribution is 14.1. The molecule has 0 aliphatic carbocycles. The second-order valence-corrected chi connectivity index (χ2v) is 8.19. The highest BCUT2D eigenvalue weighted by Gasteiger charge is 2.12. The molecule has 0 saturated heterocycles. The molecule has 0 N–H and O–H groups in total. The molecule has 2 aromatic carbocycles. The van der Waals surface area contributed by atoms with Crippen LogP contribution in [-0.2, 0) is 20.0 Å². The SMILES string of the molecule is Cn1nnc(-c2ccnc(-c3cn(CCc4cccc5ccccc45)cn3)c2)c1I. The van der Waals surface area contributed by atoms with Crippen molar-refractivity contribution >= 4 is 33.4 Å². The Morgan fingerprint density at radius 3 is 2.70 bits per heavy atom. The second kappa shape index (κ2) is 7.98. The number of rotatable bonds is 5. The molecule has 0 amide bonds. The molecule has 0 spiro atoms. The van der Waals surface area contributed by atoms with Crippen molar-refractivity contribution in [3.8, 4) is 22.6 Å². The van der Waals surface area contributed by atoms with Crippen LogP contribution in [0.3, 0.4) is 0 Å². The van der Waals surface area contributed by atoms with E-state index in [1.165, 1.54) is 16.3 Å². The first-order valence-electron chi connectivity index (χ1n) is 9.69. The number of hydrogen-bond acceptors (Lipinski definition) is 4. The number of nitrogens with zero attached hydrogens (tertiary/aromatic N) is 6. The molecule has 0 aliphatic heterocycles. The maximum Gasteiger partial charge on any atom is 0.127 e. The summed E-state index contributed by atoms with van der Waals surface area (Å²) in [7, 11) is 1.89. The van der Waals surface area contributed by atoms with Gasteiger partial charge in [-0.2, -0.15) is 0 Å². The zero-order valence-electron chi connectivity index (χ0n) is 16.4. The van der Waals surface area contributed by atoms with Crippen molar-refractivity contribution in [1.82, 2.24) is 29.5 Å². The van der Waals surface area contributed by atoms with E-state index in [-0.39, 0.29) is 0 Å². The van der Waals surface area contributed by atoms with Gasteiger partial charge in [0.05, 0.1) is 12.0 Å². The Labute approximate surface area is 187 Å². The van der Waals surface area contributed by atoms with Crippen molar-refractivity contribution in [2.45, 2.75) is 13.0 Å². The summed E-state index contributed by atoms with van der Waals surface area (Å²) in [5, 5.41) is 11.0. The van der Waals surface area contributed by atoms with E-state index < -0.39 is 0 Å². The van der Waals surface area contributed by atoms with E-state index in [4.69, 9.17) is 0 Å². The van der Waals surface area contributed by atoms with Gasteiger partial charge in [-0.1, -0.05) is 47.7 Å². The zero-order chi connectivity index (χ0) is 20.5. The van der Waals surface area contributed by atoms with Gasteiger partial charge >= 0.3 is 0 Å². The van der Waals surface area contributed by atoms with Gasteiger partial charge < -0.3 is 4.57 Å². The maximum absolute atomic E-state index is 4.58. The maximum atomic E-state index is 4.58. The number of pyridine rings is 1. The van der Waals surface area contributed by atoms with E-state index in [9.17, 15) is 0 Å². The molecule has 30 heavy (non-hydrogen) atoms. The minimum absolute atomic E-state index is 0.831. The van der Waals surface area contributed by atoms with Crippen molar-refractivity contribution in [2.24, 2.45) is 7.05 Å². The lowest BCUT2D eigenvalue weighted by Crippen LogP contribution is -1.99. The van der Waals surface area contributed by atoms with E-state index in [0.29, 0.717) is 0 Å². The number of fused-ring (bicyclic) bond motifs is 1. The van der Waals surface area contributed by atoms with Gasteiger partial charge in [0.2, 0.25) is 0 Å². The van der Waals surface area contributed by atoms with E-state index in [2.05, 4.69) is 96.1 Å². The molecule has 0 radical (unpaired) electrons. The lowest BCUT2D eigenvalue weighted by molar-refractivity contribution is 0.698. The van der Waals surface area contributed by atoms with Gasteiger partial charge in [0.1, 0.15) is 15.1 Å². The smallest absolute Gasteiger partial charge is 0.127 e. The Kier molecular flexibility index (Phi) is 5.04. The summed E-state index contributed by atoms with van der Waals surface area (Å²) < 4.78 is 4.88. The number of hydrogen-bond donors (Lipinski definition) is 0. The summed E-state index contributed by atoms with van der Waals surface area (Å²) in [5.74, 6) is 0. The molecule has 3 heterocycles. The molecule has 5 rings (SSSR count). The van der Waals surface area contributed by atoms with Gasteiger partial charge in [-0.15, -0.1) is 5.10 Å². The third kappa shape index (κ3) is 3.60. The molecule has 0 fully saturated rings. The molecule has 5 aromatic rings. The van der Waals surface area contributed by atoms with Crippen LogP contribution < -0.4 is 0 Å². The van der Waals surface area contributed by atoms with E-state index in [1.807, 2.05) is 25.5 Å². The van der Waals surface area contributed by atoms with Gasteiger partial charge in [-0.3, -0.25) is 4.98 Å². The third-order valence-corrected chi connectivity index (χ3v) is 6.42. The molecule has 148 valence electrons. The Bertz CT molecular complexity index is 1330. The van der Waals surface area contributed by atoms with Crippen molar-refractivity contribution in [3.63, 3.8) is 0 Å². The first-order chi connectivity index (χ1) is 14.7. The van der Waals surface area contributed by atoms with Crippen LogP contribution in [-0.4, -0.2) is 29.5 Å². The molecule has 6 nitrogen and oxygen atoms in total. The first kappa shape index (κ1) is 18.9. The number of benzene rings is 2. The molecule has 7 heteroatoms. The molecule has 0 unspecified atom stereocenters. The van der Waals surface area contributed by atoms with Crippen molar-refractivity contribution in [2.75, 3.05) is 0 Å². The topological polar surface area (TPSA) is 61.4 Å². The Morgan fingerprint density at radius 1 is 0.967 bits per heavy atom. The molecule has 0 saturated carbocycles. The van der Waals surface area contributed by atoms with Gasteiger partial charge in [0.25, 0.3) is 0 Å². The molecule has 3 aromatic heterocycles. The Hall–Kier alpha value is -3.07. The number of halogens is 1. The van der Waals surface area contributed by atoms with Gasteiger partial charge in [0, 0.05) is 31.5 Å². The van der Waals surface area contributed by atoms with Crippen molar-refractivity contribution in [1.29, 1.82) is 0 Å². The quantitative estimate of drug-likeness (QED) is 0.323. The monoisotopic (exact) mass is 506 g/mol. The van der Waals surface area contributed by atoms with Crippen LogP contribution >= 0.6 is 22.6 Å². The van der Waals surface area contributed by atoms with E-state index in [1.54, 1.807) is 10.9 Å². The minimum Gasteiger partial charge on any atom is -0.336 e. The normalized spacial score (nSPS) is 11.3. The summed E-state index contributed by atoms with van der Waals surface area (Å²) in [6.07, 6.45) is 6.67. The average Bonchev–Trinajstić information content (AvgIpc) is 3.39. The third-order valence-electron chi connectivity index (χ3n) is 5.21. The number of aryl methyl sites for hydroxylation is 3. The van der Waals surface area contributed by atoms with Crippen molar-refractivity contribution < 1.29 is 0 Å². The summed E-state index contributed by atoms with van der Waals surface area (Å²) in [4.78, 5) is 9.09. The highest BCUT2D eigenvalue weighted by Crippen LogP contribution is 2.25. The zero-order valence-corrected chi connectivity index (χ0v) is 18.6. The van der Waals surface area contributed by atoms with Crippen LogP contribution in [0.2, 0.25) is 0 Å². The van der Waals surface area contributed by atoms with E-state index >= 15 is 0 Å². The highest BCUT2D eigenvalue weighted by atomic mass is 127. The number of imidazole rings is 1. The van der Waals surface area contributed by atoms with Crippen LogP contribution in [0.1, 0.15) is 5.56 Å². The Morgan fingerprint density at radius 2 is 1.83 bits per heavy atom. The predicted molar refractivity (Wildman–Crippen MR) is 126 cm³/mol. The molecular formula is C23H19IN6. The van der Waals surface area contributed by atoms with Crippen LogP contribution in [0.4, 0.5) is 0 Å². The van der Waals surface area contributed by atoms with Crippen molar-refractivity contribution in [3.05, 3.63) is 82.6 Å². The second-order valence-electron chi connectivity index (χ2n) is 7.17. The summed E-state index contributed by atoms with van der Waals surface area (Å²) in [5.41, 5.74) is 4.88. The van der Waals surface area contributed by atoms with Crippen LogP contribution in [0.15, 0.2) is 73.3 Å². The molecular weight excluding hydrogens is 487 g/mol. The van der Waals surface area contributed by atoms with Gasteiger partial charge in [-0.05, 0) is 57.5 Å². The van der Waals surface area contributed by atoms with Crippen LogP contribution in [0, 0.1) is 3.70 Å². The van der Waals surface area contributed by atoms with Gasteiger partial charge in [0.15, 0.2) is 0 Å². The molecule has 0 atom stereocenters.